The normalized spacial score (nSPS) is 31.3. The molecule has 1 amide bonds. The van der Waals surface area contributed by atoms with E-state index >= 15 is 0 Å². The van der Waals surface area contributed by atoms with E-state index in [4.69, 9.17) is 0 Å². The zero-order valence-electron chi connectivity index (χ0n) is 11.8. The Labute approximate surface area is 115 Å². The molecule has 3 heteroatoms. The lowest BCUT2D eigenvalue weighted by molar-refractivity contribution is -0.131. The molecule has 0 bridgehead atoms. The van der Waals surface area contributed by atoms with Crippen LogP contribution in [0.25, 0.3) is 0 Å². The van der Waals surface area contributed by atoms with Gasteiger partial charge >= 0.3 is 0 Å². The first kappa shape index (κ1) is 12.7. The number of carbonyl (C=O) groups excluding carboxylic acids is 1. The zero-order valence-corrected chi connectivity index (χ0v) is 11.8. The van der Waals surface area contributed by atoms with Gasteiger partial charge in [-0.25, -0.2) is 0 Å². The first-order chi connectivity index (χ1) is 9.13. The van der Waals surface area contributed by atoms with E-state index in [0.29, 0.717) is 6.04 Å². The first-order valence-electron chi connectivity index (χ1n) is 7.15. The van der Waals surface area contributed by atoms with Crippen LogP contribution < -0.4 is 0 Å². The lowest BCUT2D eigenvalue weighted by Gasteiger charge is -2.46. The topological polar surface area (TPSA) is 23.6 Å². The molecule has 102 valence electrons. The standard InChI is InChI=1S/C16H22N2O/c1-13(19)18-11-9-16(14-6-4-3-5-7-14)8-10-17(2)15(16)12-18/h3-7,15H,8-12H2,1-2H3/t15-,16+/m1/s1. The molecule has 2 aliphatic heterocycles. The minimum absolute atomic E-state index is 0.210. The summed E-state index contributed by atoms with van der Waals surface area (Å²) in [4.78, 5) is 16.1. The molecule has 0 spiro atoms. The van der Waals surface area contributed by atoms with Crippen molar-refractivity contribution in [2.24, 2.45) is 0 Å². The monoisotopic (exact) mass is 258 g/mol. The number of fused-ring (bicyclic) bond motifs is 1. The van der Waals surface area contributed by atoms with Crippen molar-refractivity contribution in [1.29, 1.82) is 0 Å². The highest BCUT2D eigenvalue weighted by molar-refractivity contribution is 5.73. The van der Waals surface area contributed by atoms with E-state index in [1.807, 2.05) is 4.90 Å². The number of piperidine rings is 1. The van der Waals surface area contributed by atoms with Crippen molar-refractivity contribution in [3.8, 4) is 0 Å². The van der Waals surface area contributed by atoms with Crippen LogP contribution in [0.4, 0.5) is 0 Å². The fourth-order valence-electron chi connectivity index (χ4n) is 3.90. The van der Waals surface area contributed by atoms with Gasteiger partial charge in [0.15, 0.2) is 0 Å². The summed E-state index contributed by atoms with van der Waals surface area (Å²) in [7, 11) is 2.19. The summed E-state index contributed by atoms with van der Waals surface area (Å²) < 4.78 is 0. The Kier molecular flexibility index (Phi) is 3.09. The van der Waals surface area contributed by atoms with E-state index in [1.165, 1.54) is 12.0 Å². The number of nitrogens with zero attached hydrogens (tertiary/aromatic N) is 2. The third kappa shape index (κ3) is 1.96. The van der Waals surface area contributed by atoms with Gasteiger partial charge in [0.2, 0.25) is 5.91 Å². The van der Waals surface area contributed by atoms with Crippen LogP contribution in [0.2, 0.25) is 0 Å². The fraction of sp³-hybridized carbons (Fsp3) is 0.562. The van der Waals surface area contributed by atoms with Crippen molar-refractivity contribution in [3.63, 3.8) is 0 Å². The lowest BCUT2D eigenvalue weighted by atomic mass is 9.69. The number of rotatable bonds is 1. The van der Waals surface area contributed by atoms with E-state index in [2.05, 4.69) is 42.3 Å². The van der Waals surface area contributed by atoms with Gasteiger partial charge in [0, 0.05) is 31.5 Å². The van der Waals surface area contributed by atoms with Gasteiger partial charge in [0.05, 0.1) is 0 Å². The largest absolute Gasteiger partial charge is 0.341 e. The summed E-state index contributed by atoms with van der Waals surface area (Å²) in [5.41, 5.74) is 1.70. The number of hydrogen-bond acceptors (Lipinski definition) is 2. The van der Waals surface area contributed by atoms with Crippen LogP contribution in [0.1, 0.15) is 25.3 Å². The van der Waals surface area contributed by atoms with Crippen LogP contribution in [-0.2, 0) is 10.2 Å². The lowest BCUT2D eigenvalue weighted by Crippen LogP contribution is -2.55. The van der Waals surface area contributed by atoms with E-state index in [9.17, 15) is 4.79 Å². The first-order valence-corrected chi connectivity index (χ1v) is 7.15. The Hall–Kier alpha value is -1.35. The predicted molar refractivity (Wildman–Crippen MR) is 76.0 cm³/mol. The second-order valence-corrected chi connectivity index (χ2v) is 5.98. The minimum atomic E-state index is 0.210. The third-order valence-corrected chi connectivity index (χ3v) is 5.10. The average molecular weight is 258 g/mol. The molecular weight excluding hydrogens is 236 g/mol. The molecule has 2 heterocycles. The van der Waals surface area contributed by atoms with E-state index in [-0.39, 0.29) is 11.3 Å². The number of hydrogen-bond donors (Lipinski definition) is 0. The molecule has 0 N–H and O–H groups in total. The molecule has 2 aliphatic rings. The molecule has 3 nitrogen and oxygen atoms in total. The maximum Gasteiger partial charge on any atom is 0.219 e. The van der Waals surface area contributed by atoms with Crippen molar-refractivity contribution >= 4 is 5.91 Å². The van der Waals surface area contributed by atoms with E-state index in [0.717, 1.165) is 26.1 Å². The molecule has 1 aromatic carbocycles. The van der Waals surface area contributed by atoms with Crippen LogP contribution >= 0.6 is 0 Å². The average Bonchev–Trinajstić information content (AvgIpc) is 2.78. The zero-order chi connectivity index (χ0) is 13.5. The quantitative estimate of drug-likeness (QED) is 0.768. The molecule has 2 fully saturated rings. The summed E-state index contributed by atoms with van der Waals surface area (Å²) in [5, 5.41) is 0. The molecule has 19 heavy (non-hydrogen) atoms. The highest BCUT2D eigenvalue weighted by atomic mass is 16.2. The Balaban J connectivity index is 1.95. The van der Waals surface area contributed by atoms with Crippen LogP contribution in [0.15, 0.2) is 30.3 Å². The number of amides is 1. The van der Waals surface area contributed by atoms with Gasteiger partial charge in [0.1, 0.15) is 0 Å². The van der Waals surface area contributed by atoms with Gasteiger partial charge in [-0.2, -0.15) is 0 Å². The molecule has 0 radical (unpaired) electrons. The molecule has 1 aromatic rings. The van der Waals surface area contributed by atoms with Crippen molar-refractivity contribution in [1.82, 2.24) is 9.80 Å². The van der Waals surface area contributed by atoms with Gasteiger partial charge in [-0.15, -0.1) is 0 Å². The second-order valence-electron chi connectivity index (χ2n) is 5.98. The van der Waals surface area contributed by atoms with Crippen LogP contribution in [0, 0.1) is 0 Å². The van der Waals surface area contributed by atoms with Gasteiger partial charge < -0.3 is 9.80 Å². The van der Waals surface area contributed by atoms with Gasteiger partial charge in [0.25, 0.3) is 0 Å². The van der Waals surface area contributed by atoms with Crippen molar-refractivity contribution in [2.45, 2.75) is 31.2 Å². The Bertz CT molecular complexity index is 473. The summed E-state index contributed by atoms with van der Waals surface area (Å²) in [5.74, 6) is 0.210. The second kappa shape index (κ2) is 4.64. The summed E-state index contributed by atoms with van der Waals surface area (Å²) in [6.45, 7) is 4.59. The molecule has 0 unspecified atom stereocenters. The Morgan fingerprint density at radius 2 is 1.89 bits per heavy atom. The number of benzene rings is 1. The summed E-state index contributed by atoms with van der Waals surface area (Å²) in [6, 6.07) is 11.3. The highest BCUT2D eigenvalue weighted by Crippen LogP contribution is 2.45. The highest BCUT2D eigenvalue weighted by Gasteiger charge is 2.50. The maximum absolute atomic E-state index is 11.6. The smallest absolute Gasteiger partial charge is 0.219 e. The van der Waals surface area contributed by atoms with Gasteiger partial charge in [-0.05, 0) is 32.0 Å². The number of likely N-dealkylation sites (N-methyl/N-ethyl adjacent to an activating group) is 1. The molecule has 2 saturated heterocycles. The molecule has 0 aromatic heterocycles. The van der Waals surface area contributed by atoms with Crippen LogP contribution in [0.3, 0.4) is 0 Å². The summed E-state index contributed by atoms with van der Waals surface area (Å²) >= 11 is 0. The summed E-state index contributed by atoms with van der Waals surface area (Å²) in [6.07, 6.45) is 2.30. The van der Waals surface area contributed by atoms with E-state index < -0.39 is 0 Å². The number of carbonyl (C=O) groups is 1. The molecule has 0 aliphatic carbocycles. The van der Waals surface area contributed by atoms with Gasteiger partial charge in [-0.1, -0.05) is 30.3 Å². The van der Waals surface area contributed by atoms with Crippen molar-refractivity contribution < 1.29 is 4.79 Å². The Morgan fingerprint density at radius 1 is 1.21 bits per heavy atom. The third-order valence-electron chi connectivity index (χ3n) is 5.10. The molecular formula is C16H22N2O. The van der Waals surface area contributed by atoms with Crippen molar-refractivity contribution in [3.05, 3.63) is 35.9 Å². The van der Waals surface area contributed by atoms with Gasteiger partial charge in [-0.3, -0.25) is 4.79 Å². The Morgan fingerprint density at radius 3 is 2.58 bits per heavy atom. The van der Waals surface area contributed by atoms with Crippen LogP contribution in [-0.4, -0.2) is 48.4 Å². The predicted octanol–water partition coefficient (Wildman–Crippen LogP) is 1.88. The SMILES string of the molecule is CC(=O)N1CC[C@]2(c3ccccc3)CCN(C)[C@@H]2C1. The molecule has 2 atom stereocenters. The molecule has 3 rings (SSSR count). The fourth-order valence-corrected chi connectivity index (χ4v) is 3.90. The maximum atomic E-state index is 11.6. The van der Waals surface area contributed by atoms with Crippen molar-refractivity contribution in [2.75, 3.05) is 26.7 Å². The van der Waals surface area contributed by atoms with Crippen LogP contribution in [0.5, 0.6) is 0 Å². The van der Waals surface area contributed by atoms with E-state index in [1.54, 1.807) is 6.92 Å². The molecule has 0 saturated carbocycles. The number of likely N-dealkylation sites (tertiary alicyclic amines) is 2. The minimum Gasteiger partial charge on any atom is -0.341 e.